The number of piperidine rings is 1. The van der Waals surface area contributed by atoms with Crippen LogP contribution in [0.1, 0.15) is 30.4 Å². The molecular formula is C21H27N2O2+. The summed E-state index contributed by atoms with van der Waals surface area (Å²) in [5.41, 5.74) is 3.31. The molecule has 3 rings (SSSR count). The van der Waals surface area contributed by atoms with Crippen molar-refractivity contribution in [2.75, 3.05) is 25.0 Å². The maximum Gasteiger partial charge on any atom is 0.262 e. The predicted octanol–water partition coefficient (Wildman–Crippen LogP) is 2.58. The number of ether oxygens (including phenoxy) is 1. The Morgan fingerprint density at radius 1 is 1.00 bits per heavy atom. The predicted molar refractivity (Wildman–Crippen MR) is 100.0 cm³/mol. The molecule has 132 valence electrons. The van der Waals surface area contributed by atoms with Gasteiger partial charge in [0.1, 0.15) is 12.3 Å². The van der Waals surface area contributed by atoms with E-state index in [2.05, 4.69) is 17.4 Å². The molecule has 1 fully saturated rings. The molecule has 25 heavy (non-hydrogen) atoms. The summed E-state index contributed by atoms with van der Waals surface area (Å²) in [6, 6.07) is 15.9. The molecule has 4 heteroatoms. The van der Waals surface area contributed by atoms with Gasteiger partial charge in [-0.2, -0.15) is 0 Å². The van der Waals surface area contributed by atoms with Crippen LogP contribution in [0.15, 0.2) is 48.5 Å². The fourth-order valence-electron chi connectivity index (χ4n) is 3.20. The zero-order chi connectivity index (χ0) is 17.5. The van der Waals surface area contributed by atoms with Gasteiger partial charge in [-0.1, -0.05) is 29.8 Å². The van der Waals surface area contributed by atoms with E-state index in [1.54, 1.807) is 4.90 Å². The second-order valence-electron chi connectivity index (χ2n) is 6.83. The Hall–Kier alpha value is -2.33. The van der Waals surface area contributed by atoms with Crippen molar-refractivity contribution in [1.82, 2.24) is 0 Å². The number of carbonyl (C=O) groups excluding carboxylic acids is 1. The Bertz CT molecular complexity index is 674. The number of likely N-dealkylation sites (tertiary alicyclic amines) is 1. The van der Waals surface area contributed by atoms with E-state index in [0.29, 0.717) is 5.75 Å². The summed E-state index contributed by atoms with van der Waals surface area (Å²) in [6.07, 6.45) is 4.05. The SMILES string of the molecule is Cc1ccc(OCC(=O)Nc2ccc(C[NH+]3CCCCC3)cc2)cc1. The monoisotopic (exact) mass is 339 g/mol. The third kappa shape index (κ3) is 5.61. The maximum absolute atomic E-state index is 12.0. The first-order valence-corrected chi connectivity index (χ1v) is 9.11. The van der Waals surface area contributed by atoms with Crippen LogP contribution < -0.4 is 15.0 Å². The van der Waals surface area contributed by atoms with Gasteiger partial charge in [0.15, 0.2) is 6.61 Å². The molecule has 2 N–H and O–H groups in total. The summed E-state index contributed by atoms with van der Waals surface area (Å²) in [6.45, 7) is 5.66. The number of aryl methyl sites for hydroxylation is 1. The van der Waals surface area contributed by atoms with Crippen molar-refractivity contribution in [3.05, 3.63) is 59.7 Å². The number of hydrogen-bond acceptors (Lipinski definition) is 2. The largest absolute Gasteiger partial charge is 0.484 e. The zero-order valence-corrected chi connectivity index (χ0v) is 14.9. The van der Waals surface area contributed by atoms with Gasteiger partial charge < -0.3 is 15.0 Å². The smallest absolute Gasteiger partial charge is 0.262 e. The molecule has 4 nitrogen and oxygen atoms in total. The lowest BCUT2D eigenvalue weighted by Crippen LogP contribution is -3.11. The van der Waals surface area contributed by atoms with Crippen molar-refractivity contribution in [3.63, 3.8) is 0 Å². The van der Waals surface area contributed by atoms with Gasteiger partial charge in [0.05, 0.1) is 13.1 Å². The summed E-state index contributed by atoms with van der Waals surface area (Å²) in [5.74, 6) is 0.565. The molecule has 0 unspecified atom stereocenters. The van der Waals surface area contributed by atoms with Gasteiger partial charge in [0, 0.05) is 11.3 Å². The lowest BCUT2D eigenvalue weighted by molar-refractivity contribution is -0.918. The van der Waals surface area contributed by atoms with E-state index in [1.165, 1.54) is 43.5 Å². The number of rotatable bonds is 6. The Morgan fingerprint density at radius 2 is 1.68 bits per heavy atom. The van der Waals surface area contributed by atoms with E-state index in [4.69, 9.17) is 4.74 Å². The van der Waals surface area contributed by atoms with Crippen molar-refractivity contribution in [3.8, 4) is 5.75 Å². The van der Waals surface area contributed by atoms with Crippen LogP contribution in [0.3, 0.4) is 0 Å². The number of quaternary nitrogens is 1. The third-order valence-electron chi connectivity index (χ3n) is 4.64. The van der Waals surface area contributed by atoms with Crippen molar-refractivity contribution in [1.29, 1.82) is 0 Å². The van der Waals surface area contributed by atoms with Gasteiger partial charge in [0.2, 0.25) is 0 Å². The Labute approximate surface area is 149 Å². The first-order valence-electron chi connectivity index (χ1n) is 9.11. The Morgan fingerprint density at radius 3 is 2.36 bits per heavy atom. The van der Waals surface area contributed by atoms with Crippen LogP contribution in [0, 0.1) is 6.92 Å². The van der Waals surface area contributed by atoms with E-state index in [1.807, 2.05) is 43.3 Å². The third-order valence-corrected chi connectivity index (χ3v) is 4.64. The minimum absolute atomic E-state index is 0.0166. The standard InChI is InChI=1S/C21H26N2O2/c1-17-5-11-20(12-6-17)25-16-21(24)22-19-9-7-18(8-10-19)15-23-13-3-2-4-14-23/h5-12H,2-4,13-16H2,1H3,(H,22,24)/p+1. The minimum atomic E-state index is -0.144. The molecule has 0 atom stereocenters. The topological polar surface area (TPSA) is 42.8 Å². The molecule has 1 aliphatic rings. The minimum Gasteiger partial charge on any atom is -0.484 e. The molecule has 0 radical (unpaired) electrons. The molecule has 2 aromatic rings. The van der Waals surface area contributed by atoms with Gasteiger partial charge in [-0.15, -0.1) is 0 Å². The van der Waals surface area contributed by atoms with Crippen LogP contribution >= 0.6 is 0 Å². The fraction of sp³-hybridized carbons (Fsp3) is 0.381. The summed E-state index contributed by atoms with van der Waals surface area (Å²) in [4.78, 5) is 13.7. The highest BCUT2D eigenvalue weighted by molar-refractivity contribution is 5.91. The molecule has 1 saturated heterocycles. The van der Waals surface area contributed by atoms with E-state index in [0.717, 1.165) is 12.2 Å². The molecular weight excluding hydrogens is 312 g/mol. The van der Waals surface area contributed by atoms with E-state index in [-0.39, 0.29) is 12.5 Å². The quantitative estimate of drug-likeness (QED) is 0.849. The number of hydrogen-bond donors (Lipinski definition) is 2. The number of nitrogens with one attached hydrogen (secondary N) is 2. The molecule has 0 saturated carbocycles. The van der Waals surface area contributed by atoms with E-state index >= 15 is 0 Å². The fourth-order valence-corrected chi connectivity index (χ4v) is 3.20. The van der Waals surface area contributed by atoms with Crippen molar-refractivity contribution >= 4 is 11.6 Å². The second-order valence-corrected chi connectivity index (χ2v) is 6.83. The van der Waals surface area contributed by atoms with Gasteiger partial charge in [-0.3, -0.25) is 4.79 Å². The normalized spacial score (nSPS) is 14.9. The van der Waals surface area contributed by atoms with Crippen LogP contribution in [0.4, 0.5) is 5.69 Å². The van der Waals surface area contributed by atoms with Crippen molar-refractivity contribution in [2.24, 2.45) is 0 Å². The van der Waals surface area contributed by atoms with Gasteiger partial charge >= 0.3 is 0 Å². The molecule has 2 aromatic carbocycles. The highest BCUT2D eigenvalue weighted by Crippen LogP contribution is 2.12. The highest BCUT2D eigenvalue weighted by Gasteiger charge is 2.13. The lowest BCUT2D eigenvalue weighted by atomic mass is 10.1. The van der Waals surface area contributed by atoms with Gasteiger partial charge in [-0.25, -0.2) is 0 Å². The zero-order valence-electron chi connectivity index (χ0n) is 14.9. The lowest BCUT2D eigenvalue weighted by Gasteiger charge is -2.23. The second kappa shape index (κ2) is 8.67. The average molecular weight is 339 g/mol. The first kappa shape index (κ1) is 17.5. The molecule has 0 spiro atoms. The first-order chi connectivity index (χ1) is 12.2. The summed E-state index contributed by atoms with van der Waals surface area (Å²) >= 11 is 0. The van der Waals surface area contributed by atoms with E-state index in [9.17, 15) is 4.79 Å². The molecule has 0 aromatic heterocycles. The van der Waals surface area contributed by atoms with Crippen LogP contribution in [0.5, 0.6) is 5.75 Å². The van der Waals surface area contributed by atoms with Crippen molar-refractivity contribution in [2.45, 2.75) is 32.7 Å². The molecule has 0 bridgehead atoms. The van der Waals surface area contributed by atoms with Crippen molar-refractivity contribution < 1.29 is 14.4 Å². The summed E-state index contributed by atoms with van der Waals surface area (Å²) in [7, 11) is 0. The number of benzene rings is 2. The molecule has 1 aliphatic heterocycles. The van der Waals surface area contributed by atoms with Gasteiger partial charge in [-0.05, 0) is 50.5 Å². The maximum atomic E-state index is 12.0. The van der Waals surface area contributed by atoms with Crippen LogP contribution in [-0.4, -0.2) is 25.6 Å². The number of anilines is 1. The highest BCUT2D eigenvalue weighted by atomic mass is 16.5. The number of amides is 1. The van der Waals surface area contributed by atoms with E-state index < -0.39 is 0 Å². The van der Waals surface area contributed by atoms with Crippen LogP contribution in [-0.2, 0) is 11.3 Å². The molecule has 1 amide bonds. The van der Waals surface area contributed by atoms with Crippen LogP contribution in [0.2, 0.25) is 0 Å². The van der Waals surface area contributed by atoms with Crippen LogP contribution in [0.25, 0.3) is 0 Å². The summed E-state index contributed by atoms with van der Waals surface area (Å²) < 4.78 is 5.50. The van der Waals surface area contributed by atoms with Gasteiger partial charge in [0.25, 0.3) is 5.91 Å². The Balaban J connectivity index is 1.45. The summed E-state index contributed by atoms with van der Waals surface area (Å²) in [5, 5.41) is 2.88. The molecule has 0 aliphatic carbocycles. The average Bonchev–Trinajstić information content (AvgIpc) is 2.64. The Kier molecular flexibility index (Phi) is 6.07. The number of carbonyl (C=O) groups is 1. The molecule has 1 heterocycles.